The maximum Gasteiger partial charge on any atom is 0.339 e. The molecule has 0 aliphatic carbocycles. The summed E-state index contributed by atoms with van der Waals surface area (Å²) in [4.78, 5) is 16.7. The van der Waals surface area contributed by atoms with Gasteiger partial charge in [0.1, 0.15) is 11.3 Å². The first kappa shape index (κ1) is 11.9. The van der Waals surface area contributed by atoms with E-state index in [0.29, 0.717) is 5.69 Å². The number of hydrogen-bond acceptors (Lipinski definition) is 4. The van der Waals surface area contributed by atoms with Gasteiger partial charge < -0.3 is 15.1 Å². The van der Waals surface area contributed by atoms with Gasteiger partial charge in [0.15, 0.2) is 0 Å². The summed E-state index contributed by atoms with van der Waals surface area (Å²) in [7, 11) is 1.80. The lowest BCUT2D eigenvalue weighted by molar-refractivity contribution is 0.0694. The third kappa shape index (κ3) is 2.24. The van der Waals surface area contributed by atoms with Crippen molar-refractivity contribution in [1.82, 2.24) is 4.98 Å². The Morgan fingerprint density at radius 2 is 2.06 bits per heavy atom. The van der Waals surface area contributed by atoms with Gasteiger partial charge in [0.05, 0.1) is 11.9 Å². The van der Waals surface area contributed by atoms with E-state index in [9.17, 15) is 9.90 Å². The number of aromatic hydroxyl groups is 1. The van der Waals surface area contributed by atoms with E-state index in [1.165, 1.54) is 12.1 Å². The van der Waals surface area contributed by atoms with Crippen molar-refractivity contribution in [3.05, 3.63) is 48.3 Å². The Morgan fingerprint density at radius 3 is 2.67 bits per heavy atom. The number of carbonyl (C=O) groups is 1. The average molecular weight is 244 g/mol. The normalized spacial score (nSPS) is 10.1. The molecule has 5 heteroatoms. The number of pyridine rings is 1. The Kier molecular flexibility index (Phi) is 3.14. The second kappa shape index (κ2) is 4.75. The molecule has 18 heavy (non-hydrogen) atoms. The van der Waals surface area contributed by atoms with Gasteiger partial charge in [0.2, 0.25) is 0 Å². The number of nitrogens with zero attached hydrogens (tertiary/aromatic N) is 2. The fourth-order valence-corrected chi connectivity index (χ4v) is 1.61. The van der Waals surface area contributed by atoms with Crippen LogP contribution in [0.1, 0.15) is 10.4 Å². The van der Waals surface area contributed by atoms with Crippen LogP contribution in [0.4, 0.5) is 11.4 Å². The van der Waals surface area contributed by atoms with Gasteiger partial charge in [-0.25, -0.2) is 4.79 Å². The molecule has 0 saturated heterocycles. The van der Waals surface area contributed by atoms with Gasteiger partial charge in [-0.05, 0) is 30.3 Å². The Bertz CT molecular complexity index is 570. The molecular formula is C13H12N2O3. The molecule has 92 valence electrons. The maximum atomic E-state index is 10.9. The maximum absolute atomic E-state index is 10.9. The molecule has 0 aliphatic heterocycles. The van der Waals surface area contributed by atoms with Gasteiger partial charge >= 0.3 is 5.97 Å². The molecule has 0 atom stereocenters. The third-order valence-corrected chi connectivity index (χ3v) is 2.63. The molecule has 1 aromatic carbocycles. The number of rotatable bonds is 3. The van der Waals surface area contributed by atoms with Crippen LogP contribution in [0.15, 0.2) is 42.7 Å². The number of aromatic nitrogens is 1. The Morgan fingerprint density at radius 1 is 1.28 bits per heavy atom. The molecule has 2 rings (SSSR count). The SMILES string of the molecule is CN(c1cccnc1)c1ccc(O)c(C(=O)O)c1. The smallest absolute Gasteiger partial charge is 0.339 e. The molecule has 0 bridgehead atoms. The summed E-state index contributed by atoms with van der Waals surface area (Å²) < 4.78 is 0. The third-order valence-electron chi connectivity index (χ3n) is 2.63. The van der Waals surface area contributed by atoms with Gasteiger partial charge in [0.25, 0.3) is 0 Å². The van der Waals surface area contributed by atoms with Crippen LogP contribution in [0.2, 0.25) is 0 Å². The topological polar surface area (TPSA) is 73.7 Å². The molecule has 2 N–H and O–H groups in total. The highest BCUT2D eigenvalue weighted by atomic mass is 16.4. The summed E-state index contributed by atoms with van der Waals surface area (Å²) in [5.74, 6) is -1.40. The summed E-state index contributed by atoms with van der Waals surface area (Å²) in [5, 5.41) is 18.4. The standard InChI is InChI=1S/C13H12N2O3/c1-15(10-3-2-6-14-8-10)9-4-5-12(16)11(7-9)13(17)18/h2-8,16H,1H3,(H,17,18). The van der Waals surface area contributed by atoms with Crippen molar-refractivity contribution in [3.63, 3.8) is 0 Å². The van der Waals surface area contributed by atoms with Crippen LogP contribution in [0, 0.1) is 0 Å². The highest BCUT2D eigenvalue weighted by Gasteiger charge is 2.12. The number of carboxylic acid groups (broad SMARTS) is 1. The number of carboxylic acids is 1. The lowest BCUT2D eigenvalue weighted by Crippen LogP contribution is -2.10. The number of phenols is 1. The molecule has 1 aromatic heterocycles. The molecule has 0 aliphatic rings. The van der Waals surface area contributed by atoms with Crippen molar-refractivity contribution in [1.29, 1.82) is 0 Å². The van der Waals surface area contributed by atoms with Crippen LogP contribution < -0.4 is 4.90 Å². The van der Waals surface area contributed by atoms with Gasteiger partial charge in [-0.1, -0.05) is 0 Å². The van der Waals surface area contributed by atoms with Crippen LogP contribution in [-0.2, 0) is 0 Å². The van der Waals surface area contributed by atoms with E-state index < -0.39 is 5.97 Å². The first-order valence-electron chi connectivity index (χ1n) is 5.29. The average Bonchev–Trinajstić information content (AvgIpc) is 2.39. The van der Waals surface area contributed by atoms with Gasteiger partial charge in [-0.2, -0.15) is 0 Å². The quantitative estimate of drug-likeness (QED) is 0.866. The molecule has 2 aromatic rings. The lowest BCUT2D eigenvalue weighted by atomic mass is 10.1. The number of aromatic carboxylic acids is 1. The first-order chi connectivity index (χ1) is 8.59. The van der Waals surface area contributed by atoms with Crippen molar-refractivity contribution in [2.24, 2.45) is 0 Å². The number of benzene rings is 1. The fourth-order valence-electron chi connectivity index (χ4n) is 1.61. The van der Waals surface area contributed by atoms with Gasteiger partial charge in [-0.15, -0.1) is 0 Å². The molecule has 0 radical (unpaired) electrons. The van der Waals surface area contributed by atoms with Crippen LogP contribution in [0.5, 0.6) is 5.75 Å². The van der Waals surface area contributed by atoms with Crippen molar-refractivity contribution in [2.75, 3.05) is 11.9 Å². The zero-order valence-electron chi connectivity index (χ0n) is 9.74. The molecule has 0 spiro atoms. The minimum Gasteiger partial charge on any atom is -0.507 e. The van der Waals surface area contributed by atoms with E-state index in [1.54, 1.807) is 36.5 Å². The molecule has 0 saturated carbocycles. The predicted octanol–water partition coefficient (Wildman–Crippen LogP) is 2.25. The van der Waals surface area contributed by atoms with E-state index in [-0.39, 0.29) is 11.3 Å². The van der Waals surface area contributed by atoms with Crippen molar-refractivity contribution < 1.29 is 15.0 Å². The van der Waals surface area contributed by atoms with E-state index in [2.05, 4.69) is 4.98 Å². The van der Waals surface area contributed by atoms with Crippen molar-refractivity contribution in [3.8, 4) is 5.75 Å². The molecular weight excluding hydrogens is 232 g/mol. The Balaban J connectivity index is 2.40. The summed E-state index contributed by atoms with van der Waals surface area (Å²) >= 11 is 0. The lowest BCUT2D eigenvalue weighted by Gasteiger charge is -2.19. The summed E-state index contributed by atoms with van der Waals surface area (Å²) in [6, 6.07) is 8.09. The van der Waals surface area contributed by atoms with Crippen LogP contribution in [0.25, 0.3) is 0 Å². The van der Waals surface area contributed by atoms with Gasteiger partial charge in [0, 0.05) is 18.9 Å². The zero-order valence-corrected chi connectivity index (χ0v) is 9.74. The zero-order chi connectivity index (χ0) is 13.1. The van der Waals surface area contributed by atoms with Gasteiger partial charge in [-0.3, -0.25) is 4.98 Å². The van der Waals surface area contributed by atoms with Crippen molar-refractivity contribution in [2.45, 2.75) is 0 Å². The minimum absolute atomic E-state index is 0.122. The van der Waals surface area contributed by atoms with Crippen LogP contribution in [0.3, 0.4) is 0 Å². The summed E-state index contributed by atoms with van der Waals surface area (Å²) in [6.07, 6.45) is 3.34. The molecule has 0 amide bonds. The monoisotopic (exact) mass is 244 g/mol. The van der Waals surface area contributed by atoms with E-state index in [0.717, 1.165) is 5.69 Å². The van der Waals surface area contributed by atoms with Crippen LogP contribution in [-0.4, -0.2) is 28.2 Å². The Hall–Kier alpha value is -2.56. The largest absolute Gasteiger partial charge is 0.507 e. The van der Waals surface area contributed by atoms with E-state index in [4.69, 9.17) is 5.11 Å². The molecule has 0 unspecified atom stereocenters. The molecule has 1 heterocycles. The fraction of sp³-hybridized carbons (Fsp3) is 0.0769. The van der Waals surface area contributed by atoms with E-state index in [1.807, 2.05) is 6.07 Å². The highest BCUT2D eigenvalue weighted by Crippen LogP contribution is 2.27. The summed E-state index contributed by atoms with van der Waals surface area (Å²) in [5.41, 5.74) is 1.38. The second-order valence-electron chi connectivity index (χ2n) is 3.78. The molecule has 0 fully saturated rings. The van der Waals surface area contributed by atoms with E-state index >= 15 is 0 Å². The minimum atomic E-state index is -1.16. The Labute approximate surface area is 104 Å². The first-order valence-corrected chi connectivity index (χ1v) is 5.29. The molecule has 5 nitrogen and oxygen atoms in total. The highest BCUT2D eigenvalue weighted by molar-refractivity contribution is 5.92. The number of hydrogen-bond donors (Lipinski definition) is 2. The summed E-state index contributed by atoms with van der Waals surface area (Å²) in [6.45, 7) is 0. The van der Waals surface area contributed by atoms with Crippen LogP contribution >= 0.6 is 0 Å². The van der Waals surface area contributed by atoms with Crippen molar-refractivity contribution >= 4 is 17.3 Å². The number of anilines is 2. The second-order valence-corrected chi connectivity index (χ2v) is 3.78. The predicted molar refractivity (Wildman–Crippen MR) is 67.4 cm³/mol.